The number of hydrogen-bond acceptors (Lipinski definition) is 4. The fourth-order valence-electron chi connectivity index (χ4n) is 1.19. The zero-order valence-corrected chi connectivity index (χ0v) is 6.91. The van der Waals surface area contributed by atoms with Crippen molar-refractivity contribution in [1.82, 2.24) is 5.32 Å². The third-order valence-corrected chi connectivity index (χ3v) is 1.81. The fourth-order valence-corrected chi connectivity index (χ4v) is 1.19. The van der Waals surface area contributed by atoms with Crippen LogP contribution in [0.5, 0.6) is 11.5 Å². The average Bonchev–Trinajstić information content (AvgIpc) is 2.61. The summed E-state index contributed by atoms with van der Waals surface area (Å²) in [6.07, 6.45) is 1.86. The van der Waals surface area contributed by atoms with Gasteiger partial charge in [-0.15, -0.1) is 0 Å². The summed E-state index contributed by atoms with van der Waals surface area (Å²) in [5, 5.41) is 10.9. The first kappa shape index (κ1) is 7.74. The third-order valence-electron chi connectivity index (χ3n) is 1.81. The van der Waals surface area contributed by atoms with Crippen LogP contribution >= 0.6 is 0 Å². The van der Waals surface area contributed by atoms with Crippen molar-refractivity contribution in [2.24, 2.45) is 0 Å². The predicted octanol–water partition coefficient (Wildman–Crippen LogP) is 0.986. The molecule has 66 valence electrons. The third kappa shape index (κ3) is 1.49. The number of nitrogens with one attached hydrogen (secondary N) is 1. The first-order valence-electron chi connectivity index (χ1n) is 3.90. The maximum absolute atomic E-state index is 8.30. The van der Waals surface area contributed by atoms with E-state index in [0.717, 1.165) is 17.1 Å². The van der Waals surface area contributed by atoms with Gasteiger partial charge in [-0.05, 0) is 17.7 Å². The molecule has 2 rings (SSSR count). The van der Waals surface area contributed by atoms with Crippen LogP contribution in [0.4, 0.5) is 0 Å². The van der Waals surface area contributed by atoms with Crippen LogP contribution in [0.2, 0.25) is 0 Å². The minimum atomic E-state index is 0.282. The van der Waals surface area contributed by atoms with E-state index in [1.807, 2.05) is 24.4 Å². The standard InChI is InChI=1S/C9H8N2O2/c10-5-11-4-7-1-2-8-9(3-7)13-6-12-8/h1-3,11H,4,6H2. The first-order valence-corrected chi connectivity index (χ1v) is 3.90. The van der Waals surface area contributed by atoms with Crippen LogP contribution in [-0.4, -0.2) is 6.79 Å². The maximum Gasteiger partial charge on any atom is 0.231 e. The van der Waals surface area contributed by atoms with Crippen molar-refractivity contribution in [1.29, 1.82) is 5.26 Å². The molecule has 1 aliphatic rings. The van der Waals surface area contributed by atoms with E-state index in [-0.39, 0.29) is 6.79 Å². The van der Waals surface area contributed by atoms with Gasteiger partial charge in [-0.1, -0.05) is 6.07 Å². The monoisotopic (exact) mass is 176 g/mol. The van der Waals surface area contributed by atoms with Gasteiger partial charge in [0.2, 0.25) is 6.79 Å². The molecule has 0 saturated heterocycles. The average molecular weight is 176 g/mol. The van der Waals surface area contributed by atoms with Crippen molar-refractivity contribution in [2.45, 2.75) is 6.54 Å². The molecular weight excluding hydrogens is 168 g/mol. The molecule has 0 atom stereocenters. The van der Waals surface area contributed by atoms with Gasteiger partial charge in [-0.25, -0.2) is 0 Å². The van der Waals surface area contributed by atoms with Gasteiger partial charge in [0, 0.05) is 0 Å². The van der Waals surface area contributed by atoms with Crippen molar-refractivity contribution in [3.8, 4) is 17.7 Å². The second kappa shape index (κ2) is 3.23. The van der Waals surface area contributed by atoms with Gasteiger partial charge in [0.1, 0.15) is 0 Å². The minimum Gasteiger partial charge on any atom is -0.454 e. The molecule has 0 fully saturated rings. The molecule has 1 aliphatic heterocycles. The SMILES string of the molecule is N#CNCc1ccc2c(c1)OCO2. The molecule has 0 unspecified atom stereocenters. The molecule has 1 N–H and O–H groups in total. The van der Waals surface area contributed by atoms with Crippen LogP contribution in [0, 0.1) is 11.5 Å². The molecule has 1 heterocycles. The molecule has 0 aromatic heterocycles. The normalized spacial score (nSPS) is 12.2. The molecule has 1 aromatic rings. The van der Waals surface area contributed by atoms with Crippen LogP contribution in [0.25, 0.3) is 0 Å². The van der Waals surface area contributed by atoms with E-state index in [1.165, 1.54) is 0 Å². The van der Waals surface area contributed by atoms with Gasteiger partial charge >= 0.3 is 0 Å². The number of nitrogens with zero attached hydrogens (tertiary/aromatic N) is 1. The molecule has 1 aromatic carbocycles. The van der Waals surface area contributed by atoms with Crippen molar-refractivity contribution in [2.75, 3.05) is 6.79 Å². The topological polar surface area (TPSA) is 54.3 Å². The lowest BCUT2D eigenvalue weighted by Crippen LogP contribution is -2.03. The second-order valence-corrected chi connectivity index (χ2v) is 2.65. The largest absolute Gasteiger partial charge is 0.454 e. The summed E-state index contributed by atoms with van der Waals surface area (Å²) in [7, 11) is 0. The molecular formula is C9H8N2O2. The lowest BCUT2D eigenvalue weighted by molar-refractivity contribution is 0.174. The highest BCUT2D eigenvalue weighted by Gasteiger charge is 2.12. The molecule has 0 aliphatic carbocycles. The highest BCUT2D eigenvalue weighted by molar-refractivity contribution is 5.44. The molecule has 4 heteroatoms. The zero-order chi connectivity index (χ0) is 9.10. The summed E-state index contributed by atoms with van der Waals surface area (Å²) in [6.45, 7) is 0.803. The van der Waals surface area contributed by atoms with Gasteiger partial charge in [0.05, 0.1) is 6.54 Å². The maximum atomic E-state index is 8.30. The Kier molecular flexibility index (Phi) is 1.93. The first-order chi connectivity index (χ1) is 6.40. The van der Waals surface area contributed by atoms with Crippen molar-refractivity contribution in [3.63, 3.8) is 0 Å². The van der Waals surface area contributed by atoms with Gasteiger partial charge in [-0.3, -0.25) is 0 Å². The summed E-state index contributed by atoms with van der Waals surface area (Å²) in [4.78, 5) is 0. The van der Waals surface area contributed by atoms with Crippen LogP contribution in [-0.2, 0) is 6.54 Å². The van der Waals surface area contributed by atoms with Crippen LogP contribution < -0.4 is 14.8 Å². The highest BCUT2D eigenvalue weighted by Crippen LogP contribution is 2.32. The van der Waals surface area contributed by atoms with Crippen LogP contribution in [0.3, 0.4) is 0 Å². The second-order valence-electron chi connectivity index (χ2n) is 2.65. The Morgan fingerprint density at radius 3 is 3.08 bits per heavy atom. The van der Waals surface area contributed by atoms with E-state index in [4.69, 9.17) is 14.7 Å². The summed E-state index contributed by atoms with van der Waals surface area (Å²) in [5.74, 6) is 1.51. The van der Waals surface area contributed by atoms with Gasteiger partial charge in [-0.2, -0.15) is 5.26 Å². The Balaban J connectivity index is 2.17. The van der Waals surface area contributed by atoms with E-state index in [2.05, 4.69) is 5.32 Å². The van der Waals surface area contributed by atoms with Crippen molar-refractivity contribution in [3.05, 3.63) is 23.8 Å². The van der Waals surface area contributed by atoms with Crippen molar-refractivity contribution >= 4 is 0 Å². The molecule has 4 nitrogen and oxygen atoms in total. The molecule has 13 heavy (non-hydrogen) atoms. The van der Waals surface area contributed by atoms with E-state index in [1.54, 1.807) is 0 Å². The Morgan fingerprint density at radius 1 is 1.38 bits per heavy atom. The zero-order valence-electron chi connectivity index (χ0n) is 6.91. The number of fused-ring (bicyclic) bond motifs is 1. The Morgan fingerprint density at radius 2 is 2.23 bits per heavy atom. The van der Waals surface area contributed by atoms with E-state index >= 15 is 0 Å². The van der Waals surface area contributed by atoms with Gasteiger partial charge < -0.3 is 14.8 Å². The number of nitriles is 1. The Bertz CT molecular complexity index is 357. The number of rotatable bonds is 2. The van der Waals surface area contributed by atoms with E-state index in [0.29, 0.717) is 6.54 Å². The van der Waals surface area contributed by atoms with Gasteiger partial charge in [0.15, 0.2) is 17.7 Å². The summed E-state index contributed by atoms with van der Waals surface area (Å²) < 4.78 is 10.3. The Labute approximate surface area is 75.7 Å². The lowest BCUT2D eigenvalue weighted by atomic mass is 10.2. The van der Waals surface area contributed by atoms with E-state index < -0.39 is 0 Å². The molecule has 0 radical (unpaired) electrons. The summed E-state index contributed by atoms with van der Waals surface area (Å²) in [5.41, 5.74) is 1.01. The quantitative estimate of drug-likeness (QED) is 0.539. The molecule has 0 bridgehead atoms. The number of ether oxygens (including phenoxy) is 2. The Hall–Kier alpha value is -1.89. The predicted molar refractivity (Wildman–Crippen MR) is 45.0 cm³/mol. The van der Waals surface area contributed by atoms with E-state index in [9.17, 15) is 0 Å². The van der Waals surface area contributed by atoms with Crippen LogP contribution in [0.15, 0.2) is 18.2 Å². The summed E-state index contributed by atoms with van der Waals surface area (Å²) in [6, 6.07) is 5.61. The lowest BCUT2D eigenvalue weighted by Gasteiger charge is -2.00. The minimum absolute atomic E-state index is 0.282. The fraction of sp³-hybridized carbons (Fsp3) is 0.222. The molecule has 0 amide bonds. The smallest absolute Gasteiger partial charge is 0.231 e. The highest BCUT2D eigenvalue weighted by atomic mass is 16.7. The molecule has 0 spiro atoms. The summed E-state index contributed by atoms with van der Waals surface area (Å²) >= 11 is 0. The number of benzene rings is 1. The van der Waals surface area contributed by atoms with Gasteiger partial charge in [0.25, 0.3) is 0 Å². The molecule has 0 saturated carbocycles. The van der Waals surface area contributed by atoms with Crippen LogP contribution in [0.1, 0.15) is 5.56 Å². The number of hydrogen-bond donors (Lipinski definition) is 1. The van der Waals surface area contributed by atoms with Crippen molar-refractivity contribution < 1.29 is 9.47 Å².